The maximum atomic E-state index is 12.4. The van der Waals surface area contributed by atoms with Crippen molar-refractivity contribution in [3.8, 4) is 22.6 Å². The summed E-state index contributed by atoms with van der Waals surface area (Å²) in [6, 6.07) is 14.6. The molecule has 2 aliphatic rings. The molecule has 1 saturated heterocycles. The highest BCUT2D eigenvalue weighted by atomic mass is 16.5. The Labute approximate surface area is 189 Å². The third-order valence-corrected chi connectivity index (χ3v) is 6.65. The van der Waals surface area contributed by atoms with Crippen molar-refractivity contribution in [1.29, 1.82) is 0 Å². The number of fused-ring (bicyclic) bond motifs is 1. The molecular formula is C26H30N4O2. The maximum Gasteiger partial charge on any atom is 0.224 e. The molecule has 0 aliphatic carbocycles. The van der Waals surface area contributed by atoms with E-state index < -0.39 is 0 Å². The number of piperidine rings is 1. The van der Waals surface area contributed by atoms with Gasteiger partial charge in [-0.3, -0.25) is 9.48 Å². The minimum absolute atomic E-state index is 0.0654. The molecule has 0 spiro atoms. The number of para-hydroxylation sites is 1. The molecule has 0 bridgehead atoms. The molecule has 1 N–H and O–H groups in total. The zero-order valence-corrected chi connectivity index (χ0v) is 18.8. The number of anilines is 1. The quantitative estimate of drug-likeness (QED) is 0.636. The number of carbonyl (C=O) groups is 1. The molecule has 0 saturated carbocycles. The second-order valence-corrected chi connectivity index (χ2v) is 8.82. The van der Waals surface area contributed by atoms with Crippen LogP contribution in [-0.4, -0.2) is 34.8 Å². The number of hydrogen-bond donors (Lipinski definition) is 1. The van der Waals surface area contributed by atoms with Gasteiger partial charge in [0.15, 0.2) is 0 Å². The Bertz CT molecular complexity index is 1100. The predicted octanol–water partition coefficient (Wildman–Crippen LogP) is 4.95. The molecule has 2 aliphatic heterocycles. The zero-order valence-electron chi connectivity index (χ0n) is 18.8. The van der Waals surface area contributed by atoms with Crippen LogP contribution in [0.15, 0.2) is 54.9 Å². The van der Waals surface area contributed by atoms with Crippen LogP contribution >= 0.6 is 0 Å². The second kappa shape index (κ2) is 8.79. The van der Waals surface area contributed by atoms with E-state index in [1.54, 1.807) is 6.92 Å². The van der Waals surface area contributed by atoms with E-state index >= 15 is 0 Å². The average Bonchev–Trinajstić information content (AvgIpc) is 3.30. The van der Waals surface area contributed by atoms with E-state index in [-0.39, 0.29) is 11.9 Å². The number of nitrogens with zero attached hydrogens (tertiary/aromatic N) is 3. The number of amides is 1. The van der Waals surface area contributed by atoms with Gasteiger partial charge in [0, 0.05) is 35.9 Å². The molecule has 0 radical (unpaired) electrons. The number of carbonyl (C=O) groups excluding carboxylic acids is 1. The fourth-order valence-electron chi connectivity index (χ4n) is 4.98. The van der Waals surface area contributed by atoms with E-state index in [2.05, 4.69) is 35.3 Å². The van der Waals surface area contributed by atoms with Crippen molar-refractivity contribution in [2.45, 2.75) is 51.6 Å². The van der Waals surface area contributed by atoms with Crippen LogP contribution in [0.1, 0.15) is 44.7 Å². The molecule has 5 rings (SSSR count). The molecule has 1 fully saturated rings. The minimum Gasteiger partial charge on any atom is -0.456 e. The van der Waals surface area contributed by atoms with Crippen LogP contribution in [0.3, 0.4) is 0 Å². The van der Waals surface area contributed by atoms with Gasteiger partial charge in [0.25, 0.3) is 0 Å². The fourth-order valence-corrected chi connectivity index (χ4v) is 4.98. The summed E-state index contributed by atoms with van der Waals surface area (Å²) in [4.78, 5) is 14.3. The van der Waals surface area contributed by atoms with Gasteiger partial charge in [0.2, 0.25) is 5.91 Å². The van der Waals surface area contributed by atoms with Crippen molar-refractivity contribution < 1.29 is 9.53 Å². The number of benzene rings is 2. The Kier molecular flexibility index (Phi) is 5.70. The first kappa shape index (κ1) is 20.8. The number of hydrogen-bond acceptors (Lipinski definition) is 4. The summed E-state index contributed by atoms with van der Waals surface area (Å²) in [5.74, 6) is 1.69. The van der Waals surface area contributed by atoms with Crippen LogP contribution in [-0.2, 0) is 11.2 Å². The molecule has 3 aromatic rings. The molecule has 6 heteroatoms. The van der Waals surface area contributed by atoms with Crippen molar-refractivity contribution in [1.82, 2.24) is 15.1 Å². The summed E-state index contributed by atoms with van der Waals surface area (Å²) in [7, 11) is 0. The lowest BCUT2D eigenvalue weighted by Crippen LogP contribution is -2.40. The topological polar surface area (TPSA) is 59.4 Å². The third kappa shape index (κ3) is 3.91. The van der Waals surface area contributed by atoms with Crippen molar-refractivity contribution in [2.75, 3.05) is 18.0 Å². The first-order valence-corrected chi connectivity index (χ1v) is 11.6. The van der Waals surface area contributed by atoms with Gasteiger partial charge >= 0.3 is 0 Å². The van der Waals surface area contributed by atoms with Gasteiger partial charge in [0.1, 0.15) is 11.5 Å². The number of rotatable bonds is 4. The Balaban J connectivity index is 1.59. The molecule has 1 amide bonds. The summed E-state index contributed by atoms with van der Waals surface area (Å²) in [6.45, 7) is 5.81. The van der Waals surface area contributed by atoms with Crippen LogP contribution in [0, 0.1) is 0 Å². The number of aromatic nitrogens is 2. The third-order valence-electron chi connectivity index (χ3n) is 6.65. The largest absolute Gasteiger partial charge is 0.456 e. The van der Waals surface area contributed by atoms with E-state index in [4.69, 9.17) is 9.84 Å². The Morgan fingerprint density at radius 1 is 1.09 bits per heavy atom. The first-order valence-electron chi connectivity index (χ1n) is 11.6. The van der Waals surface area contributed by atoms with E-state index in [1.165, 1.54) is 0 Å². The molecule has 6 nitrogen and oxygen atoms in total. The van der Waals surface area contributed by atoms with Crippen LogP contribution in [0.2, 0.25) is 0 Å². The summed E-state index contributed by atoms with van der Waals surface area (Å²) in [6.07, 6.45) is 8.04. The minimum atomic E-state index is 0.0654. The van der Waals surface area contributed by atoms with Gasteiger partial charge in [0.05, 0.1) is 17.9 Å². The highest BCUT2D eigenvalue weighted by Crippen LogP contribution is 2.44. The Morgan fingerprint density at radius 2 is 1.88 bits per heavy atom. The lowest BCUT2D eigenvalue weighted by Gasteiger charge is -2.36. The van der Waals surface area contributed by atoms with Gasteiger partial charge in [-0.25, -0.2) is 0 Å². The van der Waals surface area contributed by atoms with E-state index in [0.717, 1.165) is 72.6 Å². The van der Waals surface area contributed by atoms with Crippen LogP contribution < -0.4 is 15.0 Å². The Morgan fingerprint density at radius 3 is 2.62 bits per heavy atom. The van der Waals surface area contributed by atoms with E-state index in [1.807, 2.05) is 41.4 Å². The summed E-state index contributed by atoms with van der Waals surface area (Å²) >= 11 is 0. The zero-order chi connectivity index (χ0) is 22.1. The SMILES string of the molecule is CC(=O)N1c2ccc(-c3cnn(C4CCNCC4)c3)c(Oc3ccccc3)c2CC[C@@H]1C. The molecular weight excluding hydrogens is 400 g/mol. The first-order chi connectivity index (χ1) is 15.6. The highest BCUT2D eigenvalue weighted by Gasteiger charge is 2.30. The summed E-state index contributed by atoms with van der Waals surface area (Å²) in [5, 5.41) is 8.12. The Hall–Kier alpha value is -3.12. The smallest absolute Gasteiger partial charge is 0.224 e. The predicted molar refractivity (Wildman–Crippen MR) is 126 cm³/mol. The second-order valence-electron chi connectivity index (χ2n) is 8.82. The van der Waals surface area contributed by atoms with Crippen molar-refractivity contribution >= 4 is 11.6 Å². The lowest BCUT2D eigenvalue weighted by atomic mass is 9.92. The summed E-state index contributed by atoms with van der Waals surface area (Å²) in [5.41, 5.74) is 4.11. The highest BCUT2D eigenvalue weighted by molar-refractivity contribution is 5.95. The number of nitrogens with one attached hydrogen (secondary N) is 1. The van der Waals surface area contributed by atoms with Gasteiger partial charge in [-0.2, -0.15) is 5.10 Å². The van der Waals surface area contributed by atoms with Gasteiger partial charge in [-0.1, -0.05) is 18.2 Å². The number of ether oxygens (including phenoxy) is 1. The van der Waals surface area contributed by atoms with Crippen molar-refractivity contribution in [3.63, 3.8) is 0 Å². The molecule has 2 aromatic carbocycles. The summed E-state index contributed by atoms with van der Waals surface area (Å²) < 4.78 is 8.60. The molecule has 166 valence electrons. The standard InChI is InChI=1S/C26H30N4O2/c1-18-8-9-24-25(30(18)19(2)31)11-10-23(26(24)32-22-6-4-3-5-7-22)20-16-28-29(17-20)21-12-14-27-15-13-21/h3-7,10-11,16-18,21,27H,8-9,12-15H2,1-2H3/t18-/m0/s1. The molecule has 1 aromatic heterocycles. The van der Waals surface area contributed by atoms with Gasteiger partial charge in [-0.15, -0.1) is 0 Å². The normalized spacial score (nSPS) is 18.9. The van der Waals surface area contributed by atoms with Crippen molar-refractivity contribution in [3.05, 3.63) is 60.4 Å². The monoisotopic (exact) mass is 430 g/mol. The molecule has 1 atom stereocenters. The average molecular weight is 431 g/mol. The van der Waals surface area contributed by atoms with Crippen molar-refractivity contribution in [2.24, 2.45) is 0 Å². The van der Waals surface area contributed by atoms with Gasteiger partial charge in [-0.05, 0) is 70.0 Å². The lowest BCUT2D eigenvalue weighted by molar-refractivity contribution is -0.117. The van der Waals surface area contributed by atoms with Gasteiger partial charge < -0.3 is 15.0 Å². The van der Waals surface area contributed by atoms with Crippen LogP contribution in [0.4, 0.5) is 5.69 Å². The maximum absolute atomic E-state index is 12.4. The van der Waals surface area contributed by atoms with Crippen LogP contribution in [0.25, 0.3) is 11.1 Å². The van der Waals surface area contributed by atoms with Crippen LogP contribution in [0.5, 0.6) is 11.5 Å². The molecule has 3 heterocycles. The van der Waals surface area contributed by atoms with E-state index in [9.17, 15) is 4.79 Å². The molecule has 32 heavy (non-hydrogen) atoms. The van der Waals surface area contributed by atoms with E-state index in [0.29, 0.717) is 6.04 Å². The molecule has 0 unspecified atom stereocenters. The fraction of sp³-hybridized carbons (Fsp3) is 0.385.